The van der Waals surface area contributed by atoms with Crippen LogP contribution in [0.25, 0.3) is 0 Å². The number of thiocarbonyl (C=S) groups is 1. The van der Waals surface area contributed by atoms with Crippen LogP contribution in [0.15, 0.2) is 18.3 Å². The number of nitrogens with zero attached hydrogens (tertiary/aromatic N) is 1. The van der Waals surface area contributed by atoms with E-state index in [-0.39, 0.29) is 0 Å². The molecule has 0 atom stereocenters. The molecule has 3 nitrogen and oxygen atoms in total. The van der Waals surface area contributed by atoms with Crippen molar-refractivity contribution in [2.24, 2.45) is 11.7 Å². The minimum Gasteiger partial charge on any atom is -0.477 e. The first-order valence-corrected chi connectivity index (χ1v) is 6.06. The smallest absolute Gasteiger partial charge is 0.223 e. The van der Waals surface area contributed by atoms with Gasteiger partial charge in [-0.2, -0.15) is 0 Å². The van der Waals surface area contributed by atoms with Gasteiger partial charge in [0.1, 0.15) is 4.99 Å². The summed E-state index contributed by atoms with van der Waals surface area (Å²) in [6, 6.07) is 3.66. The third kappa shape index (κ3) is 2.70. The van der Waals surface area contributed by atoms with E-state index in [4.69, 9.17) is 22.7 Å². The molecule has 0 aromatic carbocycles. The average Bonchev–Trinajstić information content (AvgIpc) is 2.79. The lowest BCUT2D eigenvalue weighted by molar-refractivity contribution is 0.243. The molecule has 0 spiro atoms. The van der Waals surface area contributed by atoms with Crippen LogP contribution in [0.4, 0.5) is 0 Å². The Morgan fingerprint density at radius 1 is 1.50 bits per heavy atom. The predicted octanol–water partition coefficient (Wildman–Crippen LogP) is 2.28. The predicted molar refractivity (Wildman–Crippen MR) is 67.6 cm³/mol. The summed E-state index contributed by atoms with van der Waals surface area (Å²) in [6.45, 7) is 0.729. The highest BCUT2D eigenvalue weighted by atomic mass is 32.1. The van der Waals surface area contributed by atoms with Gasteiger partial charge in [0, 0.05) is 6.20 Å². The van der Waals surface area contributed by atoms with Gasteiger partial charge in [-0.3, -0.25) is 0 Å². The normalized spacial score (nSPS) is 16.2. The maximum Gasteiger partial charge on any atom is 0.223 e. The summed E-state index contributed by atoms with van der Waals surface area (Å²) < 4.78 is 5.70. The molecule has 2 rings (SSSR count). The van der Waals surface area contributed by atoms with Gasteiger partial charge in [-0.15, -0.1) is 0 Å². The van der Waals surface area contributed by atoms with Gasteiger partial charge in [0.2, 0.25) is 5.88 Å². The molecule has 0 unspecified atom stereocenters. The molecule has 86 valence electrons. The Balaban J connectivity index is 2.00. The Morgan fingerprint density at radius 3 is 2.94 bits per heavy atom. The largest absolute Gasteiger partial charge is 0.477 e. The Hall–Kier alpha value is -1.16. The Labute approximate surface area is 101 Å². The molecule has 1 heterocycles. The van der Waals surface area contributed by atoms with Crippen molar-refractivity contribution in [2.45, 2.75) is 25.7 Å². The minimum absolute atomic E-state index is 0.342. The number of rotatable bonds is 4. The average molecular weight is 236 g/mol. The molecule has 1 aliphatic carbocycles. The number of nitrogens with two attached hydrogens (primary N) is 1. The standard InChI is InChI=1S/C12H16N2OS/c13-11(16)10-6-3-7-14-12(10)15-8-9-4-1-2-5-9/h3,6-7,9H,1-2,4-5,8H2,(H2,13,16). The highest BCUT2D eigenvalue weighted by Gasteiger charge is 2.16. The summed E-state index contributed by atoms with van der Waals surface area (Å²) in [6.07, 6.45) is 6.85. The van der Waals surface area contributed by atoms with E-state index in [0.29, 0.717) is 16.8 Å². The molecule has 1 saturated carbocycles. The SMILES string of the molecule is NC(=S)c1cccnc1OCC1CCCC1. The minimum atomic E-state index is 0.342. The molecule has 0 radical (unpaired) electrons. The van der Waals surface area contributed by atoms with Gasteiger partial charge in [0.25, 0.3) is 0 Å². The summed E-state index contributed by atoms with van der Waals surface area (Å²) in [5.41, 5.74) is 6.34. The van der Waals surface area contributed by atoms with Gasteiger partial charge in [-0.25, -0.2) is 4.98 Å². The van der Waals surface area contributed by atoms with E-state index in [0.717, 1.165) is 12.2 Å². The molecule has 1 aromatic rings. The molecule has 0 amide bonds. The number of aromatic nitrogens is 1. The zero-order valence-corrected chi connectivity index (χ0v) is 10.0. The fourth-order valence-corrected chi connectivity index (χ4v) is 2.22. The molecule has 4 heteroatoms. The zero-order valence-electron chi connectivity index (χ0n) is 9.19. The lowest BCUT2D eigenvalue weighted by Crippen LogP contribution is -2.15. The monoisotopic (exact) mass is 236 g/mol. The van der Waals surface area contributed by atoms with Crippen molar-refractivity contribution < 1.29 is 4.74 Å². The van der Waals surface area contributed by atoms with E-state index in [1.54, 1.807) is 6.20 Å². The summed E-state index contributed by atoms with van der Waals surface area (Å²) in [5, 5.41) is 0. The van der Waals surface area contributed by atoms with Crippen molar-refractivity contribution in [1.29, 1.82) is 0 Å². The van der Waals surface area contributed by atoms with Crippen LogP contribution in [0.3, 0.4) is 0 Å². The summed E-state index contributed by atoms with van der Waals surface area (Å²) >= 11 is 4.96. The molecular formula is C12H16N2OS. The molecule has 0 saturated heterocycles. The van der Waals surface area contributed by atoms with Gasteiger partial charge >= 0.3 is 0 Å². The van der Waals surface area contributed by atoms with Crippen LogP contribution in [0.1, 0.15) is 31.2 Å². The third-order valence-corrected chi connectivity index (χ3v) is 3.19. The van der Waals surface area contributed by atoms with Crippen LogP contribution >= 0.6 is 12.2 Å². The van der Waals surface area contributed by atoms with E-state index < -0.39 is 0 Å². The lowest BCUT2D eigenvalue weighted by Gasteiger charge is -2.12. The number of hydrogen-bond acceptors (Lipinski definition) is 3. The van der Waals surface area contributed by atoms with Crippen molar-refractivity contribution in [2.75, 3.05) is 6.61 Å². The van der Waals surface area contributed by atoms with Crippen LogP contribution < -0.4 is 10.5 Å². The first kappa shape index (κ1) is 11.3. The third-order valence-electron chi connectivity index (χ3n) is 2.97. The maximum atomic E-state index is 5.70. The van der Waals surface area contributed by atoms with E-state index in [1.165, 1.54) is 25.7 Å². The number of ether oxygens (including phenoxy) is 1. The van der Waals surface area contributed by atoms with E-state index in [9.17, 15) is 0 Å². The van der Waals surface area contributed by atoms with E-state index >= 15 is 0 Å². The molecule has 16 heavy (non-hydrogen) atoms. The summed E-state index contributed by atoms with van der Waals surface area (Å²) in [5.74, 6) is 1.24. The van der Waals surface area contributed by atoms with Gasteiger partial charge < -0.3 is 10.5 Å². The maximum absolute atomic E-state index is 5.70. The quantitative estimate of drug-likeness (QED) is 0.815. The fraction of sp³-hybridized carbons (Fsp3) is 0.500. The number of pyridine rings is 1. The van der Waals surface area contributed by atoms with Crippen LogP contribution in [0.2, 0.25) is 0 Å². The molecule has 0 bridgehead atoms. The Kier molecular flexibility index (Phi) is 3.72. The van der Waals surface area contributed by atoms with Gasteiger partial charge in [0.15, 0.2) is 0 Å². The zero-order chi connectivity index (χ0) is 11.4. The molecule has 0 aliphatic heterocycles. The first-order valence-electron chi connectivity index (χ1n) is 5.65. The van der Waals surface area contributed by atoms with Gasteiger partial charge in [-0.1, -0.05) is 25.1 Å². The molecular weight excluding hydrogens is 220 g/mol. The van der Waals surface area contributed by atoms with Crippen LogP contribution in [-0.4, -0.2) is 16.6 Å². The van der Waals surface area contributed by atoms with Crippen molar-refractivity contribution in [3.05, 3.63) is 23.9 Å². The highest BCUT2D eigenvalue weighted by molar-refractivity contribution is 7.80. The molecule has 1 fully saturated rings. The Morgan fingerprint density at radius 2 is 2.25 bits per heavy atom. The Bertz CT molecular complexity index is 375. The number of hydrogen-bond donors (Lipinski definition) is 1. The summed E-state index contributed by atoms with van der Waals surface area (Å²) in [7, 11) is 0. The first-order chi connectivity index (χ1) is 7.77. The van der Waals surface area contributed by atoms with Crippen LogP contribution in [-0.2, 0) is 0 Å². The van der Waals surface area contributed by atoms with Crippen molar-refractivity contribution in [1.82, 2.24) is 4.98 Å². The second kappa shape index (κ2) is 5.25. The van der Waals surface area contributed by atoms with Gasteiger partial charge in [0.05, 0.1) is 12.2 Å². The fourth-order valence-electron chi connectivity index (χ4n) is 2.07. The molecule has 1 aromatic heterocycles. The second-order valence-electron chi connectivity index (χ2n) is 4.18. The van der Waals surface area contributed by atoms with Crippen LogP contribution in [0, 0.1) is 5.92 Å². The topological polar surface area (TPSA) is 48.1 Å². The highest BCUT2D eigenvalue weighted by Crippen LogP contribution is 2.25. The van der Waals surface area contributed by atoms with Crippen molar-refractivity contribution in [3.8, 4) is 5.88 Å². The summed E-state index contributed by atoms with van der Waals surface area (Å²) in [4.78, 5) is 4.51. The molecule has 1 aliphatic rings. The molecule has 2 N–H and O–H groups in total. The van der Waals surface area contributed by atoms with Crippen molar-refractivity contribution >= 4 is 17.2 Å². The second-order valence-corrected chi connectivity index (χ2v) is 4.62. The van der Waals surface area contributed by atoms with E-state index in [1.807, 2.05) is 12.1 Å². The van der Waals surface area contributed by atoms with Gasteiger partial charge in [-0.05, 0) is 30.9 Å². The van der Waals surface area contributed by atoms with E-state index in [2.05, 4.69) is 4.98 Å². The van der Waals surface area contributed by atoms with Crippen LogP contribution in [0.5, 0.6) is 5.88 Å². The van der Waals surface area contributed by atoms with Crippen molar-refractivity contribution in [3.63, 3.8) is 0 Å². The lowest BCUT2D eigenvalue weighted by atomic mass is 10.1.